The number of anilines is 1. The monoisotopic (exact) mass is 229 g/mol. The molecule has 1 aliphatic heterocycles. The molecule has 0 saturated carbocycles. The van der Waals surface area contributed by atoms with Crippen molar-refractivity contribution in [2.24, 2.45) is 0 Å². The van der Waals surface area contributed by atoms with Gasteiger partial charge in [-0.25, -0.2) is 4.98 Å². The van der Waals surface area contributed by atoms with E-state index >= 15 is 0 Å². The Bertz CT molecular complexity index is 589. The number of aromatic nitrogens is 2. The second kappa shape index (κ2) is 3.62. The molecule has 5 nitrogen and oxygen atoms in total. The Morgan fingerprint density at radius 2 is 2.29 bits per heavy atom. The van der Waals surface area contributed by atoms with Gasteiger partial charge in [0.05, 0.1) is 17.6 Å². The molecule has 17 heavy (non-hydrogen) atoms. The van der Waals surface area contributed by atoms with Crippen molar-refractivity contribution in [3.05, 3.63) is 30.2 Å². The molecule has 0 atom stereocenters. The van der Waals surface area contributed by atoms with E-state index in [1.54, 1.807) is 6.20 Å². The van der Waals surface area contributed by atoms with E-state index < -0.39 is 0 Å². The average molecular weight is 229 g/mol. The maximum atomic E-state index is 11.1. The van der Waals surface area contributed by atoms with Gasteiger partial charge in [0.25, 0.3) is 5.91 Å². The minimum absolute atomic E-state index is 0.0679. The number of nitrogens with one attached hydrogen (secondary N) is 2. The number of amides is 1. The van der Waals surface area contributed by atoms with Crippen LogP contribution in [0.4, 0.5) is 5.69 Å². The molecule has 0 radical (unpaired) electrons. The zero-order valence-corrected chi connectivity index (χ0v) is 9.28. The molecule has 0 bridgehead atoms. The molecular formula is C12H11N3O2. The van der Waals surface area contributed by atoms with Crippen LogP contribution in [0.15, 0.2) is 24.4 Å². The highest BCUT2D eigenvalue weighted by Gasteiger charge is 2.16. The van der Waals surface area contributed by atoms with Crippen molar-refractivity contribution >= 4 is 11.6 Å². The maximum absolute atomic E-state index is 11.1. The number of imidazole rings is 1. The number of fused-ring (bicyclic) bond motifs is 1. The van der Waals surface area contributed by atoms with Crippen molar-refractivity contribution in [3.8, 4) is 17.0 Å². The van der Waals surface area contributed by atoms with E-state index in [2.05, 4.69) is 15.3 Å². The quantitative estimate of drug-likeness (QED) is 0.782. The van der Waals surface area contributed by atoms with Gasteiger partial charge in [-0.1, -0.05) is 6.07 Å². The maximum Gasteiger partial charge on any atom is 0.262 e. The highest BCUT2D eigenvalue weighted by molar-refractivity contribution is 5.95. The number of carbonyl (C=O) groups excluding carboxylic acids is 1. The van der Waals surface area contributed by atoms with E-state index in [4.69, 9.17) is 4.74 Å². The van der Waals surface area contributed by atoms with E-state index in [0.29, 0.717) is 11.4 Å². The zero-order chi connectivity index (χ0) is 11.8. The number of hydrogen-bond donors (Lipinski definition) is 2. The lowest BCUT2D eigenvalue weighted by Gasteiger charge is -2.18. The van der Waals surface area contributed by atoms with Gasteiger partial charge in [0.15, 0.2) is 6.61 Å². The van der Waals surface area contributed by atoms with Gasteiger partial charge < -0.3 is 15.0 Å². The number of ether oxygens (including phenoxy) is 1. The summed E-state index contributed by atoms with van der Waals surface area (Å²) in [5.41, 5.74) is 2.63. The van der Waals surface area contributed by atoms with Crippen LogP contribution in [0.3, 0.4) is 0 Å². The highest BCUT2D eigenvalue weighted by Crippen LogP contribution is 2.32. The fraction of sp³-hybridized carbons (Fsp3) is 0.167. The fourth-order valence-corrected chi connectivity index (χ4v) is 1.81. The molecule has 1 aromatic heterocycles. The van der Waals surface area contributed by atoms with Crippen LogP contribution in [0.25, 0.3) is 11.3 Å². The fourth-order valence-electron chi connectivity index (χ4n) is 1.81. The number of aryl methyl sites for hydroxylation is 1. The summed E-state index contributed by atoms with van der Waals surface area (Å²) in [7, 11) is 0. The van der Waals surface area contributed by atoms with Crippen LogP contribution in [0.2, 0.25) is 0 Å². The van der Waals surface area contributed by atoms with Gasteiger partial charge in [-0.05, 0) is 19.1 Å². The molecule has 86 valence electrons. The van der Waals surface area contributed by atoms with E-state index in [-0.39, 0.29) is 12.5 Å². The van der Waals surface area contributed by atoms with Gasteiger partial charge in [0.2, 0.25) is 0 Å². The average Bonchev–Trinajstić information content (AvgIpc) is 2.75. The van der Waals surface area contributed by atoms with Crippen LogP contribution in [-0.2, 0) is 4.79 Å². The first-order chi connectivity index (χ1) is 8.22. The summed E-state index contributed by atoms with van der Waals surface area (Å²) in [4.78, 5) is 18.4. The van der Waals surface area contributed by atoms with Crippen molar-refractivity contribution < 1.29 is 9.53 Å². The predicted molar refractivity (Wildman–Crippen MR) is 62.9 cm³/mol. The number of H-pyrrole nitrogens is 1. The minimum Gasteiger partial charge on any atom is -0.482 e. The molecule has 3 rings (SSSR count). The molecule has 0 aliphatic carbocycles. The third kappa shape index (κ3) is 1.75. The van der Waals surface area contributed by atoms with Gasteiger partial charge in [-0.3, -0.25) is 4.79 Å². The normalized spacial score (nSPS) is 13.8. The third-order valence-corrected chi connectivity index (χ3v) is 2.63. The first kappa shape index (κ1) is 9.89. The topological polar surface area (TPSA) is 67.0 Å². The summed E-state index contributed by atoms with van der Waals surface area (Å²) in [5.74, 6) is 1.43. The highest BCUT2D eigenvalue weighted by atomic mass is 16.5. The second-order valence-corrected chi connectivity index (χ2v) is 3.93. The molecule has 0 fully saturated rings. The van der Waals surface area contributed by atoms with E-state index in [1.165, 1.54) is 0 Å². The standard InChI is InChI=1S/C12H11N3O2/c1-7-13-5-10(14-7)8-2-3-9-11(4-8)17-6-12(16)15-9/h2-5H,6H2,1H3,(H,13,14)(H,15,16). The first-order valence-corrected chi connectivity index (χ1v) is 5.31. The Hall–Kier alpha value is -2.30. The number of rotatable bonds is 1. The SMILES string of the molecule is Cc1ncc(-c2ccc3c(c2)OCC(=O)N3)[nH]1. The smallest absolute Gasteiger partial charge is 0.262 e. The molecule has 1 aromatic carbocycles. The van der Waals surface area contributed by atoms with Crippen LogP contribution in [0.1, 0.15) is 5.82 Å². The second-order valence-electron chi connectivity index (χ2n) is 3.93. The van der Waals surface area contributed by atoms with E-state index in [1.807, 2.05) is 25.1 Å². The van der Waals surface area contributed by atoms with Gasteiger partial charge >= 0.3 is 0 Å². The predicted octanol–water partition coefficient (Wildman–Crippen LogP) is 1.72. The van der Waals surface area contributed by atoms with Crippen LogP contribution < -0.4 is 10.1 Å². The Labute approximate surface area is 97.8 Å². The van der Waals surface area contributed by atoms with Gasteiger partial charge in [-0.15, -0.1) is 0 Å². The number of hydrogen-bond acceptors (Lipinski definition) is 3. The Morgan fingerprint density at radius 1 is 1.41 bits per heavy atom. The Balaban J connectivity index is 2.01. The summed E-state index contributed by atoms with van der Waals surface area (Å²) >= 11 is 0. The van der Waals surface area contributed by atoms with Gasteiger partial charge in [0, 0.05) is 5.56 Å². The number of carbonyl (C=O) groups is 1. The van der Waals surface area contributed by atoms with Gasteiger partial charge in [-0.2, -0.15) is 0 Å². The van der Waals surface area contributed by atoms with Crippen LogP contribution in [-0.4, -0.2) is 22.5 Å². The minimum atomic E-state index is -0.123. The summed E-state index contributed by atoms with van der Waals surface area (Å²) in [6, 6.07) is 5.64. The van der Waals surface area contributed by atoms with Crippen LogP contribution in [0, 0.1) is 6.92 Å². The summed E-state index contributed by atoms with van der Waals surface area (Å²) < 4.78 is 5.36. The van der Waals surface area contributed by atoms with Gasteiger partial charge in [0.1, 0.15) is 11.6 Å². The molecule has 5 heteroatoms. The van der Waals surface area contributed by atoms with Crippen molar-refractivity contribution in [3.63, 3.8) is 0 Å². The molecule has 1 aliphatic rings. The van der Waals surface area contributed by atoms with Crippen LogP contribution in [0.5, 0.6) is 5.75 Å². The lowest BCUT2D eigenvalue weighted by atomic mass is 10.1. The molecule has 0 saturated heterocycles. The number of aromatic amines is 1. The Morgan fingerprint density at radius 3 is 3.06 bits per heavy atom. The van der Waals surface area contributed by atoms with Crippen molar-refractivity contribution in [1.82, 2.24) is 9.97 Å². The Kier molecular flexibility index (Phi) is 2.11. The molecule has 0 unspecified atom stereocenters. The third-order valence-electron chi connectivity index (χ3n) is 2.63. The molecule has 2 N–H and O–H groups in total. The van der Waals surface area contributed by atoms with Crippen molar-refractivity contribution in [2.45, 2.75) is 6.92 Å². The van der Waals surface area contributed by atoms with Crippen molar-refractivity contribution in [1.29, 1.82) is 0 Å². The molecular weight excluding hydrogens is 218 g/mol. The molecule has 1 amide bonds. The lowest BCUT2D eigenvalue weighted by molar-refractivity contribution is -0.118. The number of nitrogens with zero attached hydrogens (tertiary/aromatic N) is 1. The summed E-state index contributed by atoms with van der Waals surface area (Å²) in [5, 5.41) is 2.75. The first-order valence-electron chi connectivity index (χ1n) is 5.31. The summed E-state index contributed by atoms with van der Waals surface area (Å²) in [6.45, 7) is 1.97. The van der Waals surface area contributed by atoms with Crippen molar-refractivity contribution in [2.75, 3.05) is 11.9 Å². The summed E-state index contributed by atoms with van der Waals surface area (Å²) in [6.07, 6.45) is 1.78. The lowest BCUT2D eigenvalue weighted by Crippen LogP contribution is -2.25. The molecule has 0 spiro atoms. The molecule has 2 heterocycles. The van der Waals surface area contributed by atoms with E-state index in [0.717, 1.165) is 17.1 Å². The molecule has 2 aromatic rings. The zero-order valence-electron chi connectivity index (χ0n) is 9.28. The largest absolute Gasteiger partial charge is 0.482 e. The van der Waals surface area contributed by atoms with E-state index in [9.17, 15) is 4.79 Å². The van der Waals surface area contributed by atoms with Crippen LogP contribution >= 0.6 is 0 Å². The number of benzene rings is 1.